The van der Waals surface area contributed by atoms with Crippen molar-refractivity contribution in [1.29, 1.82) is 0 Å². The Morgan fingerprint density at radius 1 is 1.21 bits per heavy atom. The predicted octanol–water partition coefficient (Wildman–Crippen LogP) is 2.35. The maximum absolute atomic E-state index is 9.76. The second kappa shape index (κ2) is 6.63. The van der Waals surface area contributed by atoms with Gasteiger partial charge in [0.1, 0.15) is 0 Å². The molecule has 3 unspecified atom stereocenters. The lowest BCUT2D eigenvalue weighted by atomic mass is 9.78. The van der Waals surface area contributed by atoms with Crippen molar-refractivity contribution in [2.45, 2.75) is 39.5 Å². The Bertz CT molecular complexity index is 319. The van der Waals surface area contributed by atoms with Gasteiger partial charge in [-0.05, 0) is 42.9 Å². The first-order chi connectivity index (χ1) is 8.83. The van der Waals surface area contributed by atoms with E-state index in [1.807, 2.05) is 10.6 Å². The van der Waals surface area contributed by atoms with E-state index < -0.39 is 12.2 Å². The van der Waals surface area contributed by atoms with Gasteiger partial charge in [-0.25, -0.2) is 9.59 Å². The summed E-state index contributed by atoms with van der Waals surface area (Å²) in [6.45, 7) is 5.08. The lowest BCUT2D eigenvalue weighted by molar-refractivity contribution is 0.189. The van der Waals surface area contributed by atoms with Crippen LogP contribution in [0.25, 0.3) is 0 Å². The highest BCUT2D eigenvalue weighted by atomic mass is 16.4. The van der Waals surface area contributed by atoms with E-state index in [1.165, 1.54) is 25.7 Å². The van der Waals surface area contributed by atoms with Crippen LogP contribution >= 0.6 is 0 Å². The fourth-order valence-corrected chi connectivity index (χ4v) is 3.17. The summed E-state index contributed by atoms with van der Waals surface area (Å²) >= 11 is 0. The van der Waals surface area contributed by atoms with Crippen LogP contribution in [0.2, 0.25) is 0 Å². The number of hydrogen-bond donors (Lipinski definition) is 4. The highest BCUT2D eigenvalue weighted by Crippen LogP contribution is 2.56. The molecular weight excluding hydrogens is 248 g/mol. The Balaban J connectivity index is 0.000000190. The molecule has 6 nitrogen and oxygen atoms in total. The van der Waals surface area contributed by atoms with Crippen LogP contribution in [-0.2, 0) is 0 Å². The normalized spacial score (nSPS) is 31.3. The number of hydrogen-bond acceptors (Lipinski definition) is 2. The van der Waals surface area contributed by atoms with E-state index in [0.29, 0.717) is 0 Å². The largest absolute Gasteiger partial charge is 0.465 e. The van der Waals surface area contributed by atoms with E-state index in [9.17, 15) is 9.59 Å². The van der Waals surface area contributed by atoms with Gasteiger partial charge in [0, 0.05) is 13.1 Å². The third-order valence-electron chi connectivity index (χ3n) is 4.43. The Labute approximate surface area is 113 Å². The van der Waals surface area contributed by atoms with Gasteiger partial charge >= 0.3 is 12.2 Å². The molecule has 0 aromatic rings. The van der Waals surface area contributed by atoms with Crippen LogP contribution in [0.3, 0.4) is 0 Å². The van der Waals surface area contributed by atoms with Gasteiger partial charge in [0.15, 0.2) is 0 Å². The maximum Gasteiger partial charge on any atom is 0.404 e. The van der Waals surface area contributed by atoms with Crippen molar-refractivity contribution >= 4 is 12.2 Å². The minimum atomic E-state index is -1.16. The van der Waals surface area contributed by atoms with Crippen LogP contribution in [0.4, 0.5) is 9.59 Å². The summed E-state index contributed by atoms with van der Waals surface area (Å²) in [4.78, 5) is 19.5. The van der Waals surface area contributed by atoms with E-state index in [0.717, 1.165) is 17.3 Å². The molecule has 2 saturated carbocycles. The van der Waals surface area contributed by atoms with Gasteiger partial charge in [-0.3, -0.25) is 0 Å². The molecule has 19 heavy (non-hydrogen) atoms. The molecule has 2 rings (SSSR count). The smallest absolute Gasteiger partial charge is 0.404 e. The van der Waals surface area contributed by atoms with Gasteiger partial charge in [0.25, 0.3) is 0 Å². The zero-order chi connectivity index (χ0) is 14.5. The molecule has 2 fully saturated rings. The van der Waals surface area contributed by atoms with E-state index in [1.54, 1.807) is 0 Å². The number of carbonyl (C=O) groups is 2. The van der Waals surface area contributed by atoms with E-state index in [4.69, 9.17) is 10.2 Å². The van der Waals surface area contributed by atoms with Crippen molar-refractivity contribution in [2.24, 2.45) is 17.3 Å². The fourth-order valence-electron chi connectivity index (χ4n) is 3.17. The van der Waals surface area contributed by atoms with Gasteiger partial charge in [0.05, 0.1) is 0 Å². The van der Waals surface area contributed by atoms with Gasteiger partial charge in [0.2, 0.25) is 0 Å². The average molecular weight is 272 g/mol. The van der Waals surface area contributed by atoms with Crippen molar-refractivity contribution in [3.05, 3.63) is 0 Å². The molecule has 0 aliphatic heterocycles. The number of fused-ring (bicyclic) bond motifs is 2. The first kappa shape index (κ1) is 15.6. The zero-order valence-corrected chi connectivity index (χ0v) is 11.6. The van der Waals surface area contributed by atoms with Crippen LogP contribution in [0.15, 0.2) is 0 Å². The first-order valence-electron chi connectivity index (χ1n) is 6.77. The summed E-state index contributed by atoms with van der Waals surface area (Å²) in [7, 11) is 0. The highest BCUT2D eigenvalue weighted by Gasteiger charge is 2.46. The van der Waals surface area contributed by atoms with Gasteiger partial charge in [-0.1, -0.05) is 13.8 Å². The second-order valence-electron chi connectivity index (χ2n) is 5.86. The van der Waals surface area contributed by atoms with Crippen molar-refractivity contribution < 1.29 is 19.8 Å². The number of amides is 2. The molecule has 0 saturated heterocycles. The summed E-state index contributed by atoms with van der Waals surface area (Å²) in [5.41, 5.74) is 0.769. The van der Waals surface area contributed by atoms with Crippen LogP contribution in [-0.4, -0.2) is 35.5 Å². The summed E-state index contributed by atoms with van der Waals surface area (Å²) < 4.78 is 0. The van der Waals surface area contributed by atoms with E-state index >= 15 is 0 Å². The molecule has 6 heteroatoms. The summed E-state index contributed by atoms with van der Waals surface area (Å²) in [5, 5.41) is 20.0. The quantitative estimate of drug-likeness (QED) is 0.593. The predicted molar refractivity (Wildman–Crippen MR) is 71.3 cm³/mol. The highest BCUT2D eigenvalue weighted by molar-refractivity contribution is 5.65. The molecule has 0 aromatic carbocycles. The van der Waals surface area contributed by atoms with Gasteiger partial charge in [-0.15, -0.1) is 0 Å². The molecule has 2 aliphatic rings. The molecule has 2 bridgehead atoms. The topological polar surface area (TPSA) is 98.7 Å². The molecule has 110 valence electrons. The molecule has 0 heterocycles. The van der Waals surface area contributed by atoms with Gasteiger partial charge in [-0.2, -0.15) is 0 Å². The Kier molecular flexibility index (Phi) is 5.44. The first-order valence-corrected chi connectivity index (χ1v) is 6.77. The van der Waals surface area contributed by atoms with Crippen LogP contribution in [0.5, 0.6) is 0 Å². The number of carboxylic acid groups (broad SMARTS) is 2. The Morgan fingerprint density at radius 3 is 1.95 bits per heavy atom. The standard InChI is InChI=1S/C9H16.C4H8N2O4/c1-7-5-8-3-4-9(7,2)6-8;7-3(8)5-1-2-6-4(9)10/h7-8H,3-6H2,1-2H3;5-6H,1-2H2,(H,7,8)(H,9,10). The third kappa shape index (κ3) is 4.96. The SMILES string of the molecule is CC1CC2CCC1(C)C2.O=C(O)NCCNC(=O)O. The van der Waals surface area contributed by atoms with Crippen molar-refractivity contribution in [2.75, 3.05) is 13.1 Å². The average Bonchev–Trinajstić information content (AvgIpc) is 2.80. The number of nitrogens with one attached hydrogen (secondary N) is 2. The molecule has 0 radical (unpaired) electrons. The molecule has 0 aromatic heterocycles. The third-order valence-corrected chi connectivity index (χ3v) is 4.43. The molecule has 2 aliphatic carbocycles. The van der Waals surface area contributed by atoms with Crippen LogP contribution < -0.4 is 10.6 Å². The Hall–Kier alpha value is -1.46. The molecule has 3 atom stereocenters. The van der Waals surface area contributed by atoms with E-state index in [2.05, 4.69) is 13.8 Å². The second-order valence-corrected chi connectivity index (χ2v) is 5.86. The molecule has 2 amide bonds. The minimum absolute atomic E-state index is 0.0850. The molecule has 4 N–H and O–H groups in total. The fraction of sp³-hybridized carbons (Fsp3) is 0.846. The Morgan fingerprint density at radius 2 is 1.74 bits per heavy atom. The van der Waals surface area contributed by atoms with Crippen molar-refractivity contribution in [3.63, 3.8) is 0 Å². The molecular formula is C13H24N2O4. The van der Waals surface area contributed by atoms with Gasteiger partial charge < -0.3 is 20.8 Å². The monoisotopic (exact) mass is 272 g/mol. The maximum atomic E-state index is 9.76. The minimum Gasteiger partial charge on any atom is -0.465 e. The lowest BCUT2D eigenvalue weighted by Gasteiger charge is -2.27. The van der Waals surface area contributed by atoms with Crippen LogP contribution in [0.1, 0.15) is 39.5 Å². The van der Waals surface area contributed by atoms with Crippen molar-refractivity contribution in [1.82, 2.24) is 10.6 Å². The van der Waals surface area contributed by atoms with Crippen LogP contribution in [0, 0.1) is 17.3 Å². The van der Waals surface area contributed by atoms with E-state index in [-0.39, 0.29) is 13.1 Å². The van der Waals surface area contributed by atoms with Crippen molar-refractivity contribution in [3.8, 4) is 0 Å². The summed E-state index contributed by atoms with van der Waals surface area (Å²) in [6.07, 6.45) is 3.78. The zero-order valence-electron chi connectivity index (χ0n) is 11.6. The number of rotatable bonds is 3. The molecule has 0 spiro atoms. The lowest BCUT2D eigenvalue weighted by Crippen LogP contribution is -2.32. The summed E-state index contributed by atoms with van der Waals surface area (Å²) in [5.74, 6) is 2.14. The summed E-state index contributed by atoms with van der Waals surface area (Å²) in [6, 6.07) is 0.